The maximum atomic E-state index is 6.48. The molecule has 1 aliphatic heterocycles. The van der Waals surface area contributed by atoms with Gasteiger partial charge in [0.2, 0.25) is 0 Å². The van der Waals surface area contributed by atoms with Crippen LogP contribution in [0.3, 0.4) is 0 Å². The van der Waals surface area contributed by atoms with Crippen molar-refractivity contribution in [2.45, 2.75) is 11.5 Å². The maximum absolute atomic E-state index is 6.48. The normalized spacial score (nSPS) is 18.6. The molecule has 2 nitrogen and oxygen atoms in total. The van der Waals surface area contributed by atoms with Crippen molar-refractivity contribution in [3.63, 3.8) is 0 Å². The Morgan fingerprint density at radius 3 is 2.60 bits per heavy atom. The van der Waals surface area contributed by atoms with Crippen LogP contribution in [0.5, 0.6) is 11.5 Å². The van der Waals surface area contributed by atoms with Crippen LogP contribution in [0.1, 0.15) is 10.9 Å². The van der Waals surface area contributed by atoms with E-state index < -0.39 is 5.38 Å². The summed E-state index contributed by atoms with van der Waals surface area (Å²) in [5, 5.41) is 0.721. The van der Waals surface area contributed by atoms with Gasteiger partial charge in [-0.05, 0) is 35.9 Å². The lowest BCUT2D eigenvalue weighted by Crippen LogP contribution is -2.32. The fourth-order valence-corrected chi connectivity index (χ4v) is 2.88. The van der Waals surface area contributed by atoms with Crippen LogP contribution in [-0.4, -0.2) is 12.7 Å². The van der Waals surface area contributed by atoms with Crippen molar-refractivity contribution in [3.05, 3.63) is 58.1 Å². The zero-order valence-electron chi connectivity index (χ0n) is 10.4. The molecule has 20 heavy (non-hydrogen) atoms. The monoisotopic (exact) mass is 328 g/mol. The highest BCUT2D eigenvalue weighted by atomic mass is 35.5. The van der Waals surface area contributed by atoms with Gasteiger partial charge in [0.25, 0.3) is 0 Å². The van der Waals surface area contributed by atoms with Gasteiger partial charge >= 0.3 is 0 Å². The van der Waals surface area contributed by atoms with Crippen molar-refractivity contribution in [1.29, 1.82) is 0 Å². The molecule has 0 amide bonds. The Balaban J connectivity index is 1.85. The molecule has 0 N–H and O–H groups in total. The third-order valence-electron chi connectivity index (χ3n) is 3.11. The lowest BCUT2D eigenvalue weighted by atomic mass is 10.1. The molecule has 1 heterocycles. The first-order valence-corrected chi connectivity index (χ1v) is 7.32. The maximum Gasteiger partial charge on any atom is 0.161 e. The van der Waals surface area contributed by atoms with E-state index in [1.165, 1.54) is 0 Å². The second kappa shape index (κ2) is 5.72. The summed E-state index contributed by atoms with van der Waals surface area (Å²) in [6, 6.07) is 12.7. The molecule has 0 saturated carbocycles. The number of ether oxygens (including phenoxy) is 2. The average molecular weight is 330 g/mol. The Morgan fingerprint density at radius 1 is 1.05 bits per heavy atom. The highest BCUT2D eigenvalue weighted by Crippen LogP contribution is 2.39. The first-order valence-electron chi connectivity index (χ1n) is 6.12. The van der Waals surface area contributed by atoms with Crippen LogP contribution in [0, 0.1) is 0 Å². The van der Waals surface area contributed by atoms with E-state index in [-0.39, 0.29) is 6.10 Å². The summed E-state index contributed by atoms with van der Waals surface area (Å²) in [6.07, 6.45) is -0.317. The molecule has 2 aromatic rings. The fourth-order valence-electron chi connectivity index (χ4n) is 2.11. The van der Waals surface area contributed by atoms with Gasteiger partial charge in [0.15, 0.2) is 17.6 Å². The molecule has 0 aliphatic carbocycles. The van der Waals surface area contributed by atoms with Crippen molar-refractivity contribution in [1.82, 2.24) is 0 Å². The van der Waals surface area contributed by atoms with Gasteiger partial charge < -0.3 is 9.47 Å². The number of alkyl halides is 1. The molecule has 2 unspecified atom stereocenters. The van der Waals surface area contributed by atoms with Crippen LogP contribution in [0.4, 0.5) is 0 Å². The third kappa shape index (κ3) is 2.69. The van der Waals surface area contributed by atoms with Gasteiger partial charge in [0.1, 0.15) is 12.0 Å². The van der Waals surface area contributed by atoms with Crippen LogP contribution in [0.2, 0.25) is 10.0 Å². The third-order valence-corrected chi connectivity index (χ3v) is 4.21. The minimum Gasteiger partial charge on any atom is -0.486 e. The Kier molecular flexibility index (Phi) is 3.97. The number of hydrogen-bond donors (Lipinski definition) is 0. The van der Waals surface area contributed by atoms with Crippen LogP contribution in [0.25, 0.3) is 0 Å². The van der Waals surface area contributed by atoms with E-state index in [0.29, 0.717) is 22.4 Å². The minimum absolute atomic E-state index is 0.317. The Bertz CT molecular complexity index is 630. The van der Waals surface area contributed by atoms with Crippen molar-refractivity contribution in [2.24, 2.45) is 0 Å². The number of rotatable bonds is 2. The number of hydrogen-bond acceptors (Lipinski definition) is 2. The molecule has 0 saturated heterocycles. The molecule has 0 radical (unpaired) electrons. The fraction of sp³-hybridized carbons (Fsp3) is 0.200. The summed E-state index contributed by atoms with van der Waals surface area (Å²) in [7, 11) is 0. The molecule has 0 spiro atoms. The first-order chi connectivity index (χ1) is 9.65. The summed E-state index contributed by atoms with van der Waals surface area (Å²) in [6.45, 7) is 0.369. The molecule has 0 bridgehead atoms. The summed E-state index contributed by atoms with van der Waals surface area (Å²) < 4.78 is 11.5. The number of fused-ring (bicyclic) bond motifs is 1. The SMILES string of the molecule is Clc1ccc(Cl)c(C(Cl)C2COc3ccccc3O2)c1. The molecule has 2 aromatic carbocycles. The molecule has 1 aliphatic rings. The van der Waals surface area contributed by atoms with Gasteiger partial charge in [-0.15, -0.1) is 11.6 Å². The standard InChI is InChI=1S/C15H11Cl3O2/c16-9-5-6-11(17)10(7-9)15(18)14-8-19-12-3-1-2-4-13(12)20-14/h1-7,14-15H,8H2. The van der Waals surface area contributed by atoms with Gasteiger partial charge in [-0.1, -0.05) is 35.3 Å². The van der Waals surface area contributed by atoms with E-state index in [9.17, 15) is 0 Å². The molecular formula is C15H11Cl3O2. The van der Waals surface area contributed by atoms with Crippen LogP contribution in [0.15, 0.2) is 42.5 Å². The number of halogens is 3. The molecule has 0 aromatic heterocycles. The summed E-state index contributed by atoms with van der Waals surface area (Å²) in [4.78, 5) is 0. The van der Waals surface area contributed by atoms with Gasteiger partial charge in [0.05, 0.1) is 0 Å². The van der Waals surface area contributed by atoms with E-state index in [2.05, 4.69) is 0 Å². The summed E-state index contributed by atoms with van der Waals surface area (Å²) in [5.41, 5.74) is 0.744. The predicted octanol–water partition coefficient (Wildman–Crippen LogP) is 5.11. The van der Waals surface area contributed by atoms with E-state index in [1.807, 2.05) is 24.3 Å². The van der Waals surface area contributed by atoms with E-state index in [0.717, 1.165) is 11.3 Å². The molecule has 5 heteroatoms. The Labute approximate surface area is 132 Å². The molecule has 3 rings (SSSR count). The van der Waals surface area contributed by atoms with Crippen molar-refractivity contribution >= 4 is 34.8 Å². The highest BCUT2D eigenvalue weighted by Gasteiger charge is 2.30. The van der Waals surface area contributed by atoms with E-state index >= 15 is 0 Å². The summed E-state index contributed by atoms with van der Waals surface area (Å²) in [5.74, 6) is 1.41. The van der Waals surface area contributed by atoms with Gasteiger partial charge in [-0.25, -0.2) is 0 Å². The summed E-state index contributed by atoms with van der Waals surface area (Å²) >= 11 is 18.6. The topological polar surface area (TPSA) is 18.5 Å². The quantitative estimate of drug-likeness (QED) is 0.713. The Morgan fingerprint density at radius 2 is 1.80 bits per heavy atom. The van der Waals surface area contributed by atoms with Gasteiger partial charge in [-0.2, -0.15) is 0 Å². The number of para-hydroxylation sites is 2. The average Bonchev–Trinajstić information content (AvgIpc) is 2.48. The molecule has 104 valence electrons. The largest absolute Gasteiger partial charge is 0.486 e. The number of benzene rings is 2. The van der Waals surface area contributed by atoms with Crippen molar-refractivity contribution in [2.75, 3.05) is 6.61 Å². The van der Waals surface area contributed by atoms with Crippen molar-refractivity contribution < 1.29 is 9.47 Å². The van der Waals surface area contributed by atoms with Gasteiger partial charge in [-0.3, -0.25) is 0 Å². The van der Waals surface area contributed by atoms with Gasteiger partial charge in [0, 0.05) is 10.0 Å². The van der Waals surface area contributed by atoms with Crippen LogP contribution >= 0.6 is 34.8 Å². The second-order valence-corrected chi connectivity index (χ2v) is 5.80. The van der Waals surface area contributed by atoms with E-state index in [4.69, 9.17) is 44.3 Å². The zero-order valence-corrected chi connectivity index (χ0v) is 12.6. The second-order valence-electron chi connectivity index (χ2n) is 4.48. The molecule has 0 fully saturated rings. The molecular weight excluding hydrogens is 319 g/mol. The lowest BCUT2D eigenvalue weighted by molar-refractivity contribution is 0.0877. The molecule has 2 atom stereocenters. The minimum atomic E-state index is -0.436. The predicted molar refractivity (Wildman–Crippen MR) is 81.4 cm³/mol. The first kappa shape index (κ1) is 13.9. The Hall–Kier alpha value is -1.09. The zero-order chi connectivity index (χ0) is 14.1. The smallest absolute Gasteiger partial charge is 0.161 e. The lowest BCUT2D eigenvalue weighted by Gasteiger charge is -2.29. The highest BCUT2D eigenvalue weighted by molar-refractivity contribution is 6.34. The van der Waals surface area contributed by atoms with Crippen molar-refractivity contribution in [3.8, 4) is 11.5 Å². The van der Waals surface area contributed by atoms with E-state index in [1.54, 1.807) is 18.2 Å². The van der Waals surface area contributed by atoms with Crippen LogP contribution in [-0.2, 0) is 0 Å². The van der Waals surface area contributed by atoms with Crippen LogP contribution < -0.4 is 9.47 Å².